The van der Waals surface area contributed by atoms with E-state index in [1.54, 1.807) is 0 Å². The Hall–Kier alpha value is -0.560. The van der Waals surface area contributed by atoms with Crippen molar-refractivity contribution in [3.63, 3.8) is 0 Å². The largest absolute Gasteiger partial charge is 0.395 e. The second-order valence-electron chi connectivity index (χ2n) is 2.17. The van der Waals surface area contributed by atoms with Gasteiger partial charge in [0, 0.05) is 12.6 Å². The molecule has 2 atom stereocenters. The molecule has 0 aromatic heterocycles. The second kappa shape index (κ2) is 5.24. The van der Waals surface area contributed by atoms with Crippen LogP contribution >= 0.6 is 0 Å². The number of nitrogens with one attached hydrogen (secondary N) is 1. The van der Waals surface area contributed by atoms with Gasteiger partial charge in [-0.3, -0.25) is 5.32 Å². The highest BCUT2D eigenvalue weighted by atomic mass is 16.3. The van der Waals surface area contributed by atoms with E-state index < -0.39 is 0 Å². The summed E-state index contributed by atoms with van der Waals surface area (Å²) in [6.45, 7) is 2.28. The van der Waals surface area contributed by atoms with Crippen LogP contribution < -0.4 is 11.1 Å². The molecule has 10 heavy (non-hydrogen) atoms. The van der Waals surface area contributed by atoms with Crippen molar-refractivity contribution in [2.24, 2.45) is 5.73 Å². The van der Waals surface area contributed by atoms with E-state index in [0.717, 1.165) is 0 Å². The summed E-state index contributed by atoms with van der Waals surface area (Å²) in [5.41, 5.74) is 5.30. The minimum Gasteiger partial charge on any atom is -0.395 e. The van der Waals surface area contributed by atoms with Crippen molar-refractivity contribution in [3.05, 3.63) is 0 Å². The number of nitrogens with two attached hydrogens (primary N) is 1. The zero-order valence-corrected chi connectivity index (χ0v) is 6.17. The van der Waals surface area contributed by atoms with Crippen LogP contribution in [0.25, 0.3) is 0 Å². The van der Waals surface area contributed by atoms with Crippen LogP contribution in [0.5, 0.6) is 0 Å². The molecular weight excluding hydrogens is 128 g/mol. The Bertz CT molecular complexity index is 115. The molecule has 3 heteroatoms. The molecule has 58 valence electrons. The summed E-state index contributed by atoms with van der Waals surface area (Å²) in [6, 6.07) is -0.105. The van der Waals surface area contributed by atoms with Crippen LogP contribution in [0.1, 0.15) is 6.92 Å². The van der Waals surface area contributed by atoms with Gasteiger partial charge in [-0.2, -0.15) is 0 Å². The van der Waals surface area contributed by atoms with Gasteiger partial charge in [0.05, 0.1) is 12.6 Å². The molecule has 0 saturated heterocycles. The van der Waals surface area contributed by atoms with Crippen LogP contribution in [0, 0.1) is 12.3 Å². The first-order chi connectivity index (χ1) is 4.74. The summed E-state index contributed by atoms with van der Waals surface area (Å²) < 4.78 is 0. The molecule has 0 aromatic rings. The van der Waals surface area contributed by atoms with Crippen molar-refractivity contribution in [1.29, 1.82) is 0 Å². The fourth-order valence-corrected chi connectivity index (χ4v) is 0.597. The fraction of sp³-hybridized carbons (Fsp3) is 0.714. The molecule has 0 bridgehead atoms. The van der Waals surface area contributed by atoms with Gasteiger partial charge in [-0.05, 0) is 6.92 Å². The van der Waals surface area contributed by atoms with Gasteiger partial charge in [-0.15, -0.1) is 6.42 Å². The normalized spacial score (nSPS) is 15.8. The maximum atomic E-state index is 8.66. The molecule has 0 radical (unpaired) electrons. The maximum Gasteiger partial charge on any atom is 0.0661 e. The Morgan fingerprint density at radius 2 is 2.40 bits per heavy atom. The molecule has 0 amide bonds. The summed E-state index contributed by atoms with van der Waals surface area (Å²) in [7, 11) is 0. The van der Waals surface area contributed by atoms with Gasteiger partial charge in [-0.1, -0.05) is 5.92 Å². The third kappa shape index (κ3) is 3.46. The lowest BCUT2D eigenvalue weighted by Gasteiger charge is -2.15. The number of rotatable bonds is 4. The van der Waals surface area contributed by atoms with E-state index in [1.807, 2.05) is 6.92 Å². The Morgan fingerprint density at radius 3 is 2.70 bits per heavy atom. The Balaban J connectivity index is 3.54. The number of aliphatic hydroxyl groups is 1. The SMILES string of the molecule is C#CC(C)NC(CN)CO. The van der Waals surface area contributed by atoms with Gasteiger partial charge >= 0.3 is 0 Å². The average Bonchev–Trinajstić information content (AvgIpc) is 1.99. The number of hydrogen-bond donors (Lipinski definition) is 3. The lowest BCUT2D eigenvalue weighted by molar-refractivity contribution is 0.242. The van der Waals surface area contributed by atoms with E-state index >= 15 is 0 Å². The number of aliphatic hydroxyl groups excluding tert-OH is 1. The molecule has 0 spiro atoms. The highest BCUT2D eigenvalue weighted by molar-refractivity contribution is 4.97. The van der Waals surface area contributed by atoms with E-state index in [-0.39, 0.29) is 18.7 Å². The van der Waals surface area contributed by atoms with Crippen molar-refractivity contribution < 1.29 is 5.11 Å². The lowest BCUT2D eigenvalue weighted by Crippen LogP contribution is -2.43. The first-order valence-electron chi connectivity index (χ1n) is 3.27. The van der Waals surface area contributed by atoms with E-state index in [1.165, 1.54) is 0 Å². The number of terminal acetylenes is 1. The Morgan fingerprint density at radius 1 is 1.80 bits per heavy atom. The average molecular weight is 142 g/mol. The van der Waals surface area contributed by atoms with E-state index in [9.17, 15) is 0 Å². The van der Waals surface area contributed by atoms with Crippen molar-refractivity contribution >= 4 is 0 Å². The highest BCUT2D eigenvalue weighted by Crippen LogP contribution is 1.82. The third-order valence-electron chi connectivity index (χ3n) is 1.24. The van der Waals surface area contributed by atoms with E-state index in [2.05, 4.69) is 11.2 Å². The minimum atomic E-state index is -0.0777. The van der Waals surface area contributed by atoms with Gasteiger partial charge in [0.1, 0.15) is 0 Å². The first kappa shape index (κ1) is 9.44. The molecule has 0 fully saturated rings. The Labute approximate surface area is 61.6 Å². The molecule has 0 aromatic carbocycles. The van der Waals surface area contributed by atoms with Gasteiger partial charge in [-0.25, -0.2) is 0 Å². The van der Waals surface area contributed by atoms with Crippen LogP contribution in [0.15, 0.2) is 0 Å². The van der Waals surface area contributed by atoms with Crippen molar-refractivity contribution in [2.75, 3.05) is 13.2 Å². The van der Waals surface area contributed by atoms with Gasteiger partial charge in [0.25, 0.3) is 0 Å². The molecule has 2 unspecified atom stereocenters. The molecule has 0 heterocycles. The monoisotopic (exact) mass is 142 g/mol. The van der Waals surface area contributed by atoms with Crippen LogP contribution in [0.3, 0.4) is 0 Å². The fourth-order valence-electron chi connectivity index (χ4n) is 0.597. The smallest absolute Gasteiger partial charge is 0.0661 e. The van der Waals surface area contributed by atoms with Gasteiger partial charge in [0.2, 0.25) is 0 Å². The standard InChI is InChI=1S/C7H14N2O/c1-3-6(2)9-7(4-8)5-10/h1,6-7,9-10H,4-5,8H2,2H3. The first-order valence-corrected chi connectivity index (χ1v) is 3.27. The molecule has 4 N–H and O–H groups in total. The van der Waals surface area contributed by atoms with Crippen LogP contribution in [0.4, 0.5) is 0 Å². The van der Waals surface area contributed by atoms with Crippen LogP contribution in [-0.2, 0) is 0 Å². The predicted molar refractivity (Wildman–Crippen MR) is 41.4 cm³/mol. The quantitative estimate of drug-likeness (QED) is 0.437. The molecule has 0 aliphatic rings. The molecule has 0 saturated carbocycles. The van der Waals surface area contributed by atoms with Gasteiger partial charge < -0.3 is 10.8 Å². The van der Waals surface area contributed by atoms with Crippen LogP contribution in [-0.4, -0.2) is 30.3 Å². The second-order valence-corrected chi connectivity index (χ2v) is 2.17. The maximum absolute atomic E-state index is 8.66. The summed E-state index contributed by atoms with van der Waals surface area (Å²) >= 11 is 0. The lowest BCUT2D eigenvalue weighted by atomic mass is 10.2. The number of hydrogen-bond acceptors (Lipinski definition) is 3. The minimum absolute atomic E-state index is 0.0271. The summed E-state index contributed by atoms with van der Waals surface area (Å²) in [5.74, 6) is 2.49. The molecule has 0 aliphatic heterocycles. The van der Waals surface area contributed by atoms with Gasteiger partial charge in [0.15, 0.2) is 0 Å². The molecular formula is C7H14N2O. The summed E-state index contributed by atoms with van der Waals surface area (Å²) in [6.07, 6.45) is 5.09. The van der Waals surface area contributed by atoms with Crippen molar-refractivity contribution in [3.8, 4) is 12.3 Å². The highest BCUT2D eigenvalue weighted by Gasteiger charge is 2.05. The van der Waals surface area contributed by atoms with Crippen molar-refractivity contribution in [1.82, 2.24) is 5.32 Å². The van der Waals surface area contributed by atoms with E-state index in [0.29, 0.717) is 6.54 Å². The molecule has 0 rings (SSSR count). The zero-order valence-electron chi connectivity index (χ0n) is 6.17. The third-order valence-corrected chi connectivity index (χ3v) is 1.24. The van der Waals surface area contributed by atoms with Crippen molar-refractivity contribution in [2.45, 2.75) is 19.0 Å². The predicted octanol–water partition coefficient (Wildman–Crippen LogP) is -1.08. The zero-order chi connectivity index (χ0) is 7.98. The van der Waals surface area contributed by atoms with Crippen LogP contribution in [0.2, 0.25) is 0 Å². The summed E-state index contributed by atoms with van der Waals surface area (Å²) in [4.78, 5) is 0. The summed E-state index contributed by atoms with van der Waals surface area (Å²) in [5, 5.41) is 11.6. The van der Waals surface area contributed by atoms with E-state index in [4.69, 9.17) is 17.3 Å². The molecule has 3 nitrogen and oxygen atoms in total. The topological polar surface area (TPSA) is 58.3 Å². The Kier molecular flexibility index (Phi) is 4.95. The molecule has 0 aliphatic carbocycles.